The fourth-order valence-corrected chi connectivity index (χ4v) is 1.29. The number of benzene rings is 1. The average molecular weight is 228 g/mol. The molecule has 4 nitrogen and oxygen atoms in total. The first-order valence-corrected chi connectivity index (χ1v) is 4.57. The Hall–Kier alpha value is -1.46. The van der Waals surface area contributed by atoms with Gasteiger partial charge in [0.1, 0.15) is 0 Å². The Bertz CT molecular complexity index is 486. The van der Waals surface area contributed by atoms with Crippen LogP contribution in [-0.4, -0.2) is 10.1 Å². The molecule has 1 aromatic heterocycles. The molecule has 0 aliphatic rings. The van der Waals surface area contributed by atoms with Gasteiger partial charge in [-0.2, -0.15) is 4.98 Å². The van der Waals surface area contributed by atoms with Gasteiger partial charge in [-0.25, -0.2) is 4.39 Å². The van der Waals surface area contributed by atoms with Crippen LogP contribution < -0.4 is 5.73 Å². The van der Waals surface area contributed by atoms with E-state index in [4.69, 9.17) is 21.9 Å². The summed E-state index contributed by atoms with van der Waals surface area (Å²) in [6, 6.07) is 4.56. The molecule has 0 bridgehead atoms. The lowest BCUT2D eigenvalue weighted by Gasteiger charge is -1.97. The van der Waals surface area contributed by atoms with E-state index in [1.807, 2.05) is 0 Å². The second-order valence-electron chi connectivity index (χ2n) is 2.82. The van der Waals surface area contributed by atoms with Crippen molar-refractivity contribution in [3.8, 4) is 11.5 Å². The van der Waals surface area contributed by atoms with Crippen molar-refractivity contribution in [1.29, 1.82) is 0 Å². The Morgan fingerprint density at radius 3 is 2.93 bits per heavy atom. The number of nitrogens with zero attached hydrogens (tertiary/aromatic N) is 2. The van der Waals surface area contributed by atoms with Gasteiger partial charge in [-0.15, -0.1) is 0 Å². The topological polar surface area (TPSA) is 64.9 Å². The summed E-state index contributed by atoms with van der Waals surface area (Å²) in [5.41, 5.74) is 5.48. The Kier molecular flexibility index (Phi) is 2.66. The van der Waals surface area contributed by atoms with Gasteiger partial charge in [-0.1, -0.05) is 22.8 Å². The van der Waals surface area contributed by atoms with Crippen LogP contribution in [0.4, 0.5) is 4.39 Å². The molecule has 2 aromatic rings. The van der Waals surface area contributed by atoms with Crippen molar-refractivity contribution in [2.75, 3.05) is 0 Å². The van der Waals surface area contributed by atoms with Gasteiger partial charge in [-0.05, 0) is 12.1 Å². The van der Waals surface area contributed by atoms with E-state index in [2.05, 4.69) is 10.1 Å². The molecule has 2 N–H and O–H groups in total. The highest BCUT2D eigenvalue weighted by Crippen LogP contribution is 2.25. The van der Waals surface area contributed by atoms with Crippen LogP contribution in [0.2, 0.25) is 5.02 Å². The molecule has 0 atom stereocenters. The predicted octanol–water partition coefficient (Wildman–Crippen LogP) is 1.99. The van der Waals surface area contributed by atoms with Crippen molar-refractivity contribution in [2.24, 2.45) is 5.73 Å². The van der Waals surface area contributed by atoms with Crippen LogP contribution in [0.15, 0.2) is 22.7 Å². The number of hydrogen-bond donors (Lipinski definition) is 1. The van der Waals surface area contributed by atoms with Crippen molar-refractivity contribution in [2.45, 2.75) is 6.54 Å². The van der Waals surface area contributed by atoms with E-state index >= 15 is 0 Å². The highest BCUT2D eigenvalue weighted by atomic mass is 35.5. The molecule has 2 rings (SSSR count). The molecule has 15 heavy (non-hydrogen) atoms. The highest BCUT2D eigenvalue weighted by Gasteiger charge is 2.14. The molecule has 1 aromatic carbocycles. The van der Waals surface area contributed by atoms with Crippen molar-refractivity contribution < 1.29 is 8.91 Å². The van der Waals surface area contributed by atoms with E-state index in [1.165, 1.54) is 12.1 Å². The maximum Gasteiger partial charge on any atom is 0.261 e. The molecule has 1 heterocycles. The lowest BCUT2D eigenvalue weighted by molar-refractivity contribution is 0.420. The molecule has 0 fully saturated rings. The molecular weight excluding hydrogens is 221 g/mol. The van der Waals surface area contributed by atoms with Gasteiger partial charge < -0.3 is 10.3 Å². The van der Waals surface area contributed by atoms with E-state index in [1.54, 1.807) is 6.07 Å². The molecule has 0 aliphatic heterocycles. The van der Waals surface area contributed by atoms with Gasteiger partial charge in [0, 0.05) is 0 Å². The normalized spacial score (nSPS) is 10.6. The molecule has 0 amide bonds. The van der Waals surface area contributed by atoms with E-state index in [-0.39, 0.29) is 23.0 Å². The summed E-state index contributed by atoms with van der Waals surface area (Å²) in [6.07, 6.45) is 0. The largest absolute Gasteiger partial charge is 0.334 e. The number of rotatable bonds is 2. The van der Waals surface area contributed by atoms with Crippen LogP contribution in [0.25, 0.3) is 11.5 Å². The summed E-state index contributed by atoms with van der Waals surface area (Å²) in [4.78, 5) is 3.90. The predicted molar refractivity (Wildman–Crippen MR) is 52.6 cm³/mol. The summed E-state index contributed by atoms with van der Waals surface area (Å²) in [7, 11) is 0. The second kappa shape index (κ2) is 3.96. The third-order valence-corrected chi connectivity index (χ3v) is 2.12. The Morgan fingerprint density at radius 1 is 1.47 bits per heavy atom. The Morgan fingerprint density at radius 2 is 2.27 bits per heavy atom. The quantitative estimate of drug-likeness (QED) is 0.852. The van der Waals surface area contributed by atoms with Crippen molar-refractivity contribution in [3.05, 3.63) is 34.9 Å². The summed E-state index contributed by atoms with van der Waals surface area (Å²) >= 11 is 5.61. The second-order valence-corrected chi connectivity index (χ2v) is 3.23. The average Bonchev–Trinajstić information content (AvgIpc) is 2.70. The molecule has 0 aliphatic carbocycles. The number of nitrogens with two attached hydrogens (primary N) is 1. The first kappa shape index (κ1) is 10.1. The Balaban J connectivity index is 2.49. The molecular formula is C9H7ClFN3O. The minimum atomic E-state index is -0.577. The van der Waals surface area contributed by atoms with E-state index < -0.39 is 5.82 Å². The lowest BCUT2D eigenvalue weighted by atomic mass is 10.2. The third kappa shape index (κ3) is 1.84. The standard InChI is InChI=1S/C9H7ClFN3O/c10-6-3-1-2-5(8(6)11)9-13-7(4-12)14-15-9/h1-3H,4,12H2. The fraction of sp³-hybridized carbons (Fsp3) is 0.111. The summed E-state index contributed by atoms with van der Waals surface area (Å²) < 4.78 is 18.3. The van der Waals surface area contributed by atoms with Gasteiger partial charge >= 0.3 is 0 Å². The van der Waals surface area contributed by atoms with Crippen LogP contribution in [0.5, 0.6) is 0 Å². The molecule has 0 spiro atoms. The molecule has 0 saturated heterocycles. The minimum absolute atomic E-state index is 0.0139. The first-order valence-electron chi connectivity index (χ1n) is 4.19. The minimum Gasteiger partial charge on any atom is -0.334 e. The molecule has 0 radical (unpaired) electrons. The highest BCUT2D eigenvalue weighted by molar-refractivity contribution is 6.31. The maximum atomic E-state index is 13.5. The zero-order chi connectivity index (χ0) is 10.8. The van der Waals surface area contributed by atoms with Crippen LogP contribution in [0.3, 0.4) is 0 Å². The Labute approximate surface area is 89.8 Å². The van der Waals surface area contributed by atoms with E-state index in [9.17, 15) is 4.39 Å². The third-order valence-electron chi connectivity index (χ3n) is 1.83. The zero-order valence-corrected chi connectivity index (χ0v) is 8.33. The van der Waals surface area contributed by atoms with Crippen LogP contribution in [0.1, 0.15) is 5.82 Å². The van der Waals surface area contributed by atoms with Gasteiger partial charge in [0.25, 0.3) is 5.89 Å². The van der Waals surface area contributed by atoms with E-state index in [0.29, 0.717) is 5.82 Å². The van der Waals surface area contributed by atoms with Crippen molar-refractivity contribution in [1.82, 2.24) is 10.1 Å². The maximum absolute atomic E-state index is 13.5. The van der Waals surface area contributed by atoms with Gasteiger partial charge in [-0.3, -0.25) is 0 Å². The van der Waals surface area contributed by atoms with Crippen molar-refractivity contribution >= 4 is 11.6 Å². The zero-order valence-electron chi connectivity index (χ0n) is 7.58. The monoisotopic (exact) mass is 227 g/mol. The summed E-state index contributed by atoms with van der Waals surface area (Å²) in [6.45, 7) is 0.145. The first-order chi connectivity index (χ1) is 7.22. The van der Waals surface area contributed by atoms with Crippen LogP contribution >= 0.6 is 11.6 Å². The summed E-state index contributed by atoms with van der Waals surface area (Å²) in [5.74, 6) is -0.175. The van der Waals surface area contributed by atoms with Gasteiger partial charge in [0.15, 0.2) is 11.6 Å². The molecule has 0 unspecified atom stereocenters. The number of hydrogen-bond acceptors (Lipinski definition) is 4. The SMILES string of the molecule is NCc1noc(-c2cccc(Cl)c2F)n1. The molecule has 6 heteroatoms. The van der Waals surface area contributed by atoms with E-state index in [0.717, 1.165) is 0 Å². The lowest BCUT2D eigenvalue weighted by Crippen LogP contribution is -1.97. The smallest absolute Gasteiger partial charge is 0.261 e. The molecule has 78 valence electrons. The van der Waals surface area contributed by atoms with Gasteiger partial charge in [0.05, 0.1) is 17.1 Å². The summed E-state index contributed by atoms with van der Waals surface area (Å²) in [5, 5.41) is 3.57. The van der Waals surface area contributed by atoms with Crippen LogP contribution in [-0.2, 0) is 6.54 Å². The fourth-order valence-electron chi connectivity index (χ4n) is 1.12. The number of halogens is 2. The van der Waals surface area contributed by atoms with Crippen molar-refractivity contribution in [3.63, 3.8) is 0 Å². The molecule has 0 saturated carbocycles. The van der Waals surface area contributed by atoms with Gasteiger partial charge in [0.2, 0.25) is 0 Å². The van der Waals surface area contributed by atoms with Crippen LogP contribution in [0, 0.1) is 5.82 Å². The number of aromatic nitrogens is 2.